The molecule has 3 aromatic rings. The summed E-state index contributed by atoms with van der Waals surface area (Å²) < 4.78 is 24.8. The zero-order valence-electron chi connectivity index (χ0n) is 17.4. The molecule has 3 aromatic heterocycles. The maximum absolute atomic E-state index is 15.0. The Morgan fingerprint density at radius 2 is 2.15 bits per heavy atom. The highest BCUT2D eigenvalue weighted by Crippen LogP contribution is 2.40. The van der Waals surface area contributed by atoms with Gasteiger partial charge in [-0.25, -0.2) is 14.2 Å². The number of anilines is 1. The Morgan fingerprint density at radius 1 is 1.36 bits per heavy atom. The maximum atomic E-state index is 15.0. The molecule has 14 heteroatoms. The Balaban J connectivity index is 1.47. The molecule has 0 radical (unpaired) electrons. The molecule has 4 heterocycles. The van der Waals surface area contributed by atoms with E-state index in [9.17, 15) is 9.59 Å². The largest absolute Gasteiger partial charge is 0.514 e. The van der Waals surface area contributed by atoms with Gasteiger partial charge in [0, 0.05) is 18.4 Å². The van der Waals surface area contributed by atoms with Gasteiger partial charge in [-0.05, 0) is 19.4 Å². The number of thiazole rings is 1. The molecular formula is C19H19Cl2FN6O4S. The fourth-order valence-electron chi connectivity index (χ4n) is 3.38. The molecule has 1 fully saturated rings. The van der Waals surface area contributed by atoms with E-state index in [0.717, 1.165) is 11.3 Å². The first kappa shape index (κ1) is 23.3. The lowest BCUT2D eigenvalue weighted by molar-refractivity contribution is 0.0894. The number of carbonyl (C=O) groups excluding carboxylic acids is 2. The molecule has 1 saturated heterocycles. The molecule has 0 aliphatic carbocycles. The lowest BCUT2D eigenvalue weighted by Gasteiger charge is -2.34. The summed E-state index contributed by atoms with van der Waals surface area (Å²) >= 11 is 13.2. The van der Waals surface area contributed by atoms with Crippen LogP contribution in [-0.4, -0.2) is 64.6 Å². The summed E-state index contributed by atoms with van der Waals surface area (Å²) in [5.74, 6) is -0.527. The summed E-state index contributed by atoms with van der Waals surface area (Å²) in [6.45, 7) is 2.08. The van der Waals surface area contributed by atoms with Crippen LogP contribution in [0.5, 0.6) is 5.06 Å². The number of alkyl halides is 1. The highest BCUT2D eigenvalue weighted by atomic mass is 35.5. The normalized spacial score (nSPS) is 18.3. The van der Waals surface area contributed by atoms with Gasteiger partial charge in [0.25, 0.3) is 5.91 Å². The first-order chi connectivity index (χ1) is 15.8. The van der Waals surface area contributed by atoms with Crippen LogP contribution in [0.1, 0.15) is 22.6 Å². The van der Waals surface area contributed by atoms with E-state index in [2.05, 4.69) is 30.2 Å². The number of piperidine rings is 1. The van der Waals surface area contributed by atoms with Crippen LogP contribution in [0, 0.1) is 6.92 Å². The van der Waals surface area contributed by atoms with E-state index in [1.54, 1.807) is 17.9 Å². The summed E-state index contributed by atoms with van der Waals surface area (Å²) in [5, 5.41) is 10.3. The van der Waals surface area contributed by atoms with Crippen molar-refractivity contribution in [3.05, 3.63) is 33.7 Å². The number of hydrogen-bond donors (Lipinski definition) is 3. The molecule has 0 spiro atoms. The number of aryl methyl sites for hydroxylation is 1. The fourth-order valence-corrected chi connectivity index (χ4v) is 4.76. The molecule has 176 valence electrons. The summed E-state index contributed by atoms with van der Waals surface area (Å²) in [4.78, 5) is 33.2. The third kappa shape index (κ3) is 4.77. The van der Waals surface area contributed by atoms with Gasteiger partial charge in [-0.1, -0.05) is 34.5 Å². The molecule has 0 aromatic carbocycles. The van der Waals surface area contributed by atoms with Crippen LogP contribution in [0.2, 0.25) is 10.0 Å². The van der Waals surface area contributed by atoms with Gasteiger partial charge in [-0.2, -0.15) is 5.10 Å². The van der Waals surface area contributed by atoms with Crippen molar-refractivity contribution in [1.29, 1.82) is 0 Å². The smallest absolute Gasteiger partial charge is 0.437 e. The number of amides is 1. The Morgan fingerprint density at radius 3 is 2.76 bits per heavy atom. The molecule has 0 bridgehead atoms. The Bertz CT molecular complexity index is 1170. The average molecular weight is 517 g/mol. The summed E-state index contributed by atoms with van der Waals surface area (Å²) in [7, 11) is 1.20. The zero-order valence-corrected chi connectivity index (χ0v) is 19.8. The van der Waals surface area contributed by atoms with Gasteiger partial charge >= 0.3 is 6.16 Å². The number of aromatic amines is 2. The van der Waals surface area contributed by atoms with Crippen molar-refractivity contribution in [3.63, 3.8) is 0 Å². The molecular weight excluding hydrogens is 498 g/mol. The van der Waals surface area contributed by atoms with Gasteiger partial charge in [-0.3, -0.25) is 9.89 Å². The second-order valence-electron chi connectivity index (χ2n) is 7.24. The van der Waals surface area contributed by atoms with Crippen molar-refractivity contribution < 1.29 is 23.5 Å². The van der Waals surface area contributed by atoms with Crippen molar-refractivity contribution in [1.82, 2.24) is 25.5 Å². The van der Waals surface area contributed by atoms with Gasteiger partial charge < -0.3 is 24.7 Å². The molecule has 4 rings (SSSR count). The fraction of sp³-hybridized carbons (Fsp3) is 0.368. The standard InChI is InChI=1S/C19H19Cl2FN6O4S/c1-8-12(20)13(21)15(24-8)16(29)25-10-4-6-28(7-9(10)22)18-26-14(11-3-5-23-27-11)17(33-18)32-19(30)31-2/h3,5,9-10,24H,4,6-7H2,1-2H3,(H,23,27)(H,25,29)/t9-,10+/m0/s1. The molecule has 1 amide bonds. The highest BCUT2D eigenvalue weighted by molar-refractivity contribution is 7.18. The monoisotopic (exact) mass is 516 g/mol. The lowest BCUT2D eigenvalue weighted by atomic mass is 10.0. The average Bonchev–Trinajstić information content (AvgIpc) is 3.52. The molecule has 0 saturated carbocycles. The second-order valence-corrected chi connectivity index (χ2v) is 8.94. The summed E-state index contributed by atoms with van der Waals surface area (Å²) in [5.41, 5.74) is 1.55. The van der Waals surface area contributed by atoms with Gasteiger partial charge in [0.1, 0.15) is 17.6 Å². The summed E-state index contributed by atoms with van der Waals surface area (Å²) in [6, 6.07) is 0.951. The zero-order chi connectivity index (χ0) is 23.7. The molecule has 1 aliphatic rings. The number of nitrogens with one attached hydrogen (secondary N) is 3. The molecule has 0 unspecified atom stereocenters. The van der Waals surface area contributed by atoms with Gasteiger partial charge in [0.15, 0.2) is 5.13 Å². The van der Waals surface area contributed by atoms with E-state index < -0.39 is 24.3 Å². The second kappa shape index (κ2) is 9.57. The Kier molecular flexibility index (Phi) is 6.77. The number of rotatable bonds is 5. The van der Waals surface area contributed by atoms with Crippen LogP contribution in [0.3, 0.4) is 0 Å². The van der Waals surface area contributed by atoms with Gasteiger partial charge in [0.2, 0.25) is 5.06 Å². The predicted molar refractivity (Wildman–Crippen MR) is 121 cm³/mol. The van der Waals surface area contributed by atoms with E-state index >= 15 is 4.39 Å². The number of methoxy groups -OCH3 is 1. The third-order valence-electron chi connectivity index (χ3n) is 5.09. The number of H-pyrrole nitrogens is 2. The maximum Gasteiger partial charge on any atom is 0.514 e. The lowest BCUT2D eigenvalue weighted by Crippen LogP contribution is -2.52. The van der Waals surface area contributed by atoms with Crippen molar-refractivity contribution in [2.45, 2.75) is 25.6 Å². The number of ether oxygens (including phenoxy) is 2. The quantitative estimate of drug-likeness (QED) is 0.438. The van der Waals surface area contributed by atoms with Crippen LogP contribution >= 0.6 is 34.5 Å². The first-order valence-electron chi connectivity index (χ1n) is 9.78. The van der Waals surface area contributed by atoms with Crippen molar-refractivity contribution in [2.75, 3.05) is 25.1 Å². The van der Waals surface area contributed by atoms with Crippen LogP contribution < -0.4 is 15.0 Å². The topological polar surface area (TPSA) is 125 Å². The van der Waals surface area contributed by atoms with Crippen molar-refractivity contribution >= 4 is 51.7 Å². The number of aromatic nitrogens is 4. The molecule has 1 aliphatic heterocycles. The van der Waals surface area contributed by atoms with Crippen molar-refractivity contribution in [3.8, 4) is 16.5 Å². The third-order valence-corrected chi connectivity index (χ3v) is 7.03. The number of halogens is 3. The SMILES string of the molecule is COC(=O)Oc1sc(N2CC[C@@H](NC(=O)c3[nH]c(C)c(Cl)c3Cl)[C@@H](F)C2)nc1-c1ccn[nH]1. The predicted octanol–water partition coefficient (Wildman–Crippen LogP) is 3.97. The Labute approximate surface area is 201 Å². The molecule has 2 atom stereocenters. The number of nitrogens with zero attached hydrogens (tertiary/aromatic N) is 3. The minimum atomic E-state index is -1.38. The van der Waals surface area contributed by atoms with E-state index in [1.165, 1.54) is 13.3 Å². The highest BCUT2D eigenvalue weighted by Gasteiger charge is 2.34. The minimum absolute atomic E-state index is 0.0171. The number of hydrogen-bond acceptors (Lipinski definition) is 8. The first-order valence-corrected chi connectivity index (χ1v) is 11.4. The molecule has 3 N–H and O–H groups in total. The van der Waals surface area contributed by atoms with E-state index in [1.807, 2.05) is 0 Å². The van der Waals surface area contributed by atoms with Crippen LogP contribution in [0.25, 0.3) is 11.4 Å². The molecule has 33 heavy (non-hydrogen) atoms. The summed E-state index contributed by atoms with van der Waals surface area (Å²) in [6.07, 6.45) is -0.413. The van der Waals surface area contributed by atoms with E-state index in [-0.39, 0.29) is 27.3 Å². The van der Waals surface area contributed by atoms with Gasteiger partial charge in [0.05, 0.1) is 35.4 Å². The van der Waals surface area contributed by atoms with E-state index in [0.29, 0.717) is 35.2 Å². The minimum Gasteiger partial charge on any atom is -0.437 e. The van der Waals surface area contributed by atoms with Crippen LogP contribution in [0.15, 0.2) is 12.3 Å². The van der Waals surface area contributed by atoms with Gasteiger partial charge in [-0.15, -0.1) is 0 Å². The molecule has 10 nitrogen and oxygen atoms in total. The van der Waals surface area contributed by atoms with Crippen LogP contribution in [0.4, 0.5) is 14.3 Å². The Hall–Kier alpha value is -2.83. The van der Waals surface area contributed by atoms with Crippen LogP contribution in [-0.2, 0) is 4.74 Å². The van der Waals surface area contributed by atoms with Crippen molar-refractivity contribution in [2.24, 2.45) is 0 Å². The number of carbonyl (C=O) groups is 2. The van der Waals surface area contributed by atoms with E-state index in [4.69, 9.17) is 27.9 Å².